The van der Waals surface area contributed by atoms with E-state index in [-0.39, 0.29) is 0 Å². The molecule has 4 saturated heterocycles. The van der Waals surface area contributed by atoms with Crippen molar-refractivity contribution in [3.63, 3.8) is 0 Å². The minimum atomic E-state index is 0.989. The zero-order valence-corrected chi connectivity index (χ0v) is 16.6. The molecule has 0 amide bonds. The summed E-state index contributed by atoms with van der Waals surface area (Å²) in [5.74, 6) is 4.27. The van der Waals surface area contributed by atoms with Crippen LogP contribution in [0.3, 0.4) is 0 Å². The lowest BCUT2D eigenvalue weighted by atomic mass is 9.06. The van der Waals surface area contributed by atoms with Gasteiger partial charge in [-0.25, -0.2) is 0 Å². The lowest BCUT2D eigenvalue weighted by Crippen LogP contribution is -2.50. The zero-order valence-electron chi connectivity index (χ0n) is 16.6. The van der Waals surface area contributed by atoms with Crippen LogP contribution in [-0.4, -0.2) is 13.4 Å². The highest BCUT2D eigenvalue weighted by Gasteiger charge is 2.51. The summed E-state index contributed by atoms with van der Waals surface area (Å²) >= 11 is 0. The molecule has 4 fully saturated rings. The molecule has 4 aliphatic rings. The summed E-state index contributed by atoms with van der Waals surface area (Å²) in [6.07, 6.45) is 19.9. The first kappa shape index (κ1) is 17.4. The largest absolute Gasteiger partial charge is 0.142 e. The summed E-state index contributed by atoms with van der Waals surface area (Å²) in [5.41, 5.74) is 2.62. The van der Waals surface area contributed by atoms with Gasteiger partial charge in [0.15, 0.2) is 0 Å². The van der Waals surface area contributed by atoms with Crippen molar-refractivity contribution in [2.24, 2.45) is 0 Å². The fourth-order valence-corrected chi connectivity index (χ4v) is 8.27. The summed E-state index contributed by atoms with van der Waals surface area (Å²) in [6.45, 7) is 2.12. The number of fused-ring (bicyclic) bond motifs is 4. The van der Waals surface area contributed by atoms with Gasteiger partial charge in [0, 0.05) is 0 Å². The molecule has 5 rings (SSSR count). The molecule has 0 aromatic heterocycles. The lowest BCUT2D eigenvalue weighted by molar-refractivity contribution is 0.424. The Morgan fingerprint density at radius 1 is 0.615 bits per heavy atom. The van der Waals surface area contributed by atoms with Crippen molar-refractivity contribution in [1.82, 2.24) is 0 Å². The fourth-order valence-electron chi connectivity index (χ4n) is 8.27. The average molecular weight is 346 g/mol. The van der Waals surface area contributed by atoms with Crippen molar-refractivity contribution in [2.45, 2.75) is 112 Å². The number of hydrogen-bond donors (Lipinski definition) is 0. The maximum atomic E-state index is 2.42. The Hall–Kier alpha value is -0.650. The summed E-state index contributed by atoms with van der Waals surface area (Å²) in [5, 5.41) is 0. The normalized spacial score (nSPS) is 35.2. The van der Waals surface area contributed by atoms with Crippen molar-refractivity contribution in [3.05, 3.63) is 35.9 Å². The second kappa shape index (κ2) is 7.76. The standard InChI is InChI=1S/C24H36B2/c1-2-8-19(9-3-1)18-24(25-20-10-4-11-21(25)13-5-12-20)26-22-14-6-15-23(26)17-7-16-22/h1-3,8-9,20-24H,4-7,10-18H2. The van der Waals surface area contributed by atoms with Gasteiger partial charge in [-0.1, -0.05) is 136 Å². The SMILES string of the molecule is c1ccc(CC(B2C3CCCC2CCC3)B2C3CCCC2CCC3)cc1. The van der Waals surface area contributed by atoms with Gasteiger partial charge in [0.1, 0.15) is 13.4 Å². The van der Waals surface area contributed by atoms with Gasteiger partial charge in [-0.3, -0.25) is 0 Å². The van der Waals surface area contributed by atoms with E-state index in [1.807, 2.05) is 0 Å². The highest BCUT2D eigenvalue weighted by Crippen LogP contribution is 2.57. The molecule has 138 valence electrons. The molecule has 0 unspecified atom stereocenters. The van der Waals surface area contributed by atoms with E-state index in [2.05, 4.69) is 30.3 Å². The highest BCUT2D eigenvalue weighted by atomic mass is 14.3. The second-order valence-corrected chi connectivity index (χ2v) is 10.3. The first-order valence-electron chi connectivity index (χ1n) is 11.9. The van der Waals surface area contributed by atoms with Gasteiger partial charge in [-0.05, 0) is 12.0 Å². The predicted molar refractivity (Wildman–Crippen MR) is 116 cm³/mol. The minimum absolute atomic E-state index is 0.989. The van der Waals surface area contributed by atoms with Crippen LogP contribution in [0.1, 0.15) is 82.6 Å². The maximum absolute atomic E-state index is 2.42. The van der Waals surface area contributed by atoms with Crippen LogP contribution >= 0.6 is 0 Å². The molecule has 0 N–H and O–H groups in total. The van der Waals surface area contributed by atoms with Crippen LogP contribution in [0.4, 0.5) is 0 Å². The molecule has 0 spiro atoms. The summed E-state index contributed by atoms with van der Waals surface area (Å²) in [6, 6.07) is 11.6. The van der Waals surface area contributed by atoms with E-state index in [1.165, 1.54) is 32.1 Å². The molecule has 26 heavy (non-hydrogen) atoms. The lowest BCUT2D eigenvalue weighted by Gasteiger charge is -2.51. The van der Waals surface area contributed by atoms with Gasteiger partial charge < -0.3 is 0 Å². The molecule has 0 saturated carbocycles. The Kier molecular flexibility index (Phi) is 5.21. The first-order chi connectivity index (χ1) is 12.9. The van der Waals surface area contributed by atoms with E-state index in [9.17, 15) is 0 Å². The summed E-state index contributed by atoms with van der Waals surface area (Å²) in [7, 11) is 0. The van der Waals surface area contributed by atoms with Crippen LogP contribution in [-0.2, 0) is 6.42 Å². The Morgan fingerprint density at radius 3 is 1.38 bits per heavy atom. The molecule has 4 heterocycles. The van der Waals surface area contributed by atoms with Crippen LogP contribution < -0.4 is 0 Å². The Balaban J connectivity index is 1.48. The molecule has 0 radical (unpaired) electrons. The molecule has 0 aliphatic carbocycles. The van der Waals surface area contributed by atoms with E-state index in [4.69, 9.17) is 0 Å². The van der Waals surface area contributed by atoms with Gasteiger partial charge in [0.2, 0.25) is 0 Å². The zero-order chi connectivity index (χ0) is 17.3. The van der Waals surface area contributed by atoms with Crippen LogP contribution in [0.15, 0.2) is 30.3 Å². The molecule has 1 aromatic rings. The quantitative estimate of drug-likeness (QED) is 0.500. The Bertz CT molecular complexity index is 509. The van der Waals surface area contributed by atoms with E-state index in [1.54, 1.807) is 56.9 Å². The van der Waals surface area contributed by atoms with Crippen molar-refractivity contribution < 1.29 is 0 Å². The van der Waals surface area contributed by atoms with Crippen LogP contribution in [0.5, 0.6) is 0 Å². The van der Waals surface area contributed by atoms with E-state index in [0.29, 0.717) is 0 Å². The van der Waals surface area contributed by atoms with Gasteiger partial charge >= 0.3 is 0 Å². The molecule has 1 aromatic carbocycles. The van der Waals surface area contributed by atoms with Gasteiger partial charge in [-0.15, -0.1) is 0 Å². The Morgan fingerprint density at radius 2 is 1.00 bits per heavy atom. The van der Waals surface area contributed by atoms with Crippen LogP contribution in [0.25, 0.3) is 0 Å². The van der Waals surface area contributed by atoms with Crippen molar-refractivity contribution in [2.75, 3.05) is 0 Å². The molecule has 2 heteroatoms. The van der Waals surface area contributed by atoms with Crippen LogP contribution in [0.2, 0.25) is 29.0 Å². The average Bonchev–Trinajstić information content (AvgIpc) is 2.66. The monoisotopic (exact) mass is 346 g/mol. The van der Waals surface area contributed by atoms with Crippen molar-refractivity contribution >= 4 is 13.4 Å². The number of rotatable bonds is 4. The molecule has 0 nitrogen and oxygen atoms in total. The molecule has 0 atom stereocenters. The van der Waals surface area contributed by atoms with Gasteiger partial charge in [0.05, 0.1) is 0 Å². The first-order valence-corrected chi connectivity index (χ1v) is 11.9. The van der Waals surface area contributed by atoms with Gasteiger partial charge in [0.25, 0.3) is 0 Å². The van der Waals surface area contributed by atoms with E-state index >= 15 is 0 Å². The smallest absolute Gasteiger partial charge is 0.0779 e. The van der Waals surface area contributed by atoms with E-state index in [0.717, 1.165) is 42.4 Å². The maximum Gasteiger partial charge on any atom is 0.142 e. The molecule has 4 bridgehead atoms. The topological polar surface area (TPSA) is 0 Å². The molecule has 4 aliphatic heterocycles. The third-order valence-electron chi connectivity index (χ3n) is 9.08. The number of hydrogen-bond acceptors (Lipinski definition) is 0. The van der Waals surface area contributed by atoms with Crippen molar-refractivity contribution in [3.8, 4) is 0 Å². The predicted octanol–water partition coefficient (Wildman–Crippen LogP) is 7.34. The molecular weight excluding hydrogens is 310 g/mol. The third-order valence-corrected chi connectivity index (χ3v) is 9.08. The Labute approximate surface area is 162 Å². The van der Waals surface area contributed by atoms with Crippen molar-refractivity contribution in [1.29, 1.82) is 0 Å². The van der Waals surface area contributed by atoms with Gasteiger partial charge in [-0.2, -0.15) is 0 Å². The summed E-state index contributed by atoms with van der Waals surface area (Å²) < 4.78 is 0. The molecular formula is C24H36B2. The number of benzene rings is 1. The van der Waals surface area contributed by atoms with Crippen LogP contribution in [0, 0.1) is 0 Å². The summed E-state index contributed by atoms with van der Waals surface area (Å²) in [4.78, 5) is 0. The highest BCUT2D eigenvalue weighted by molar-refractivity contribution is 6.83. The third kappa shape index (κ3) is 3.31. The second-order valence-electron chi connectivity index (χ2n) is 10.3. The fraction of sp³-hybridized carbons (Fsp3) is 0.750. The minimum Gasteiger partial charge on any atom is -0.0779 e. The van der Waals surface area contributed by atoms with E-state index < -0.39 is 0 Å².